The normalized spacial score (nSPS) is 21.1. The molecule has 1 aromatic heterocycles. The van der Waals surface area contributed by atoms with Crippen LogP contribution in [0, 0.1) is 17.6 Å². The van der Waals surface area contributed by atoms with Crippen molar-refractivity contribution in [1.29, 1.82) is 0 Å². The smallest absolute Gasteiger partial charge is 0.410 e. The number of ketones is 2. The molecule has 2 aliphatic rings. The van der Waals surface area contributed by atoms with Crippen molar-refractivity contribution in [3.05, 3.63) is 94.8 Å². The molecule has 0 aliphatic carbocycles. The van der Waals surface area contributed by atoms with E-state index in [1.165, 1.54) is 36.4 Å². The van der Waals surface area contributed by atoms with Gasteiger partial charge in [-0.25, -0.2) is 13.6 Å². The summed E-state index contributed by atoms with van der Waals surface area (Å²) >= 11 is 0. The summed E-state index contributed by atoms with van der Waals surface area (Å²) in [5.74, 6) is -2.35. The molecule has 250 valence electrons. The second-order valence-corrected chi connectivity index (χ2v) is 12.1. The Morgan fingerprint density at radius 3 is 2.40 bits per heavy atom. The number of likely N-dealkylation sites (N-methyl/N-ethyl adjacent to an activating group) is 2. The van der Waals surface area contributed by atoms with Gasteiger partial charge in [0.1, 0.15) is 17.4 Å². The van der Waals surface area contributed by atoms with Crippen LogP contribution >= 0.6 is 0 Å². The van der Waals surface area contributed by atoms with Crippen LogP contribution < -0.4 is 15.4 Å². The largest absolute Gasteiger partial charge is 0.415 e. The fourth-order valence-corrected chi connectivity index (χ4v) is 6.71. The molecule has 3 heterocycles. The Labute approximate surface area is 274 Å². The van der Waals surface area contributed by atoms with Crippen LogP contribution in [0.3, 0.4) is 0 Å². The SMILES string of the molecule is CCN(CC)CC(=O)c1cc([C@@H]2CNC[C@H]2N(CC)C(=O)Oc2ccc(F)cc2)c(C(=O)C2CCNC(c3ccccn3)C2)cc1F. The first kappa shape index (κ1) is 34.3. The van der Waals surface area contributed by atoms with Gasteiger partial charge in [-0.2, -0.15) is 0 Å². The number of pyridine rings is 1. The second-order valence-electron chi connectivity index (χ2n) is 12.1. The maximum Gasteiger partial charge on any atom is 0.415 e. The van der Waals surface area contributed by atoms with E-state index in [9.17, 15) is 18.8 Å². The topological polar surface area (TPSA) is 104 Å². The highest BCUT2D eigenvalue weighted by Gasteiger charge is 2.40. The first-order valence-corrected chi connectivity index (χ1v) is 16.5. The van der Waals surface area contributed by atoms with Crippen molar-refractivity contribution >= 4 is 17.7 Å². The molecule has 2 fully saturated rings. The Morgan fingerprint density at radius 2 is 1.72 bits per heavy atom. The van der Waals surface area contributed by atoms with Gasteiger partial charge in [-0.3, -0.25) is 19.5 Å². The molecule has 1 amide bonds. The lowest BCUT2D eigenvalue weighted by Gasteiger charge is -2.33. The Hall–Kier alpha value is -4.06. The molecule has 0 saturated carbocycles. The lowest BCUT2D eigenvalue weighted by Crippen LogP contribution is -2.45. The van der Waals surface area contributed by atoms with Crippen molar-refractivity contribution in [1.82, 2.24) is 25.4 Å². The number of carbonyl (C=O) groups is 3. The molecule has 2 saturated heterocycles. The molecule has 4 atom stereocenters. The van der Waals surface area contributed by atoms with E-state index < -0.39 is 35.6 Å². The number of aromatic nitrogens is 1. The van der Waals surface area contributed by atoms with E-state index in [-0.39, 0.29) is 41.0 Å². The monoisotopic (exact) mass is 647 g/mol. The highest BCUT2D eigenvalue weighted by molar-refractivity contribution is 6.03. The predicted octanol–water partition coefficient (Wildman–Crippen LogP) is 5.38. The maximum absolute atomic E-state index is 15.9. The summed E-state index contributed by atoms with van der Waals surface area (Å²) in [4.78, 5) is 49.2. The van der Waals surface area contributed by atoms with Crippen LogP contribution in [0.1, 0.15) is 77.5 Å². The summed E-state index contributed by atoms with van der Waals surface area (Å²) in [6.45, 7) is 8.73. The Morgan fingerprint density at radius 1 is 0.957 bits per heavy atom. The third-order valence-electron chi connectivity index (χ3n) is 9.36. The average molecular weight is 648 g/mol. The van der Waals surface area contributed by atoms with E-state index in [1.807, 2.05) is 43.9 Å². The second kappa shape index (κ2) is 15.7. The number of halogens is 2. The molecule has 0 bridgehead atoms. The van der Waals surface area contributed by atoms with Gasteiger partial charge in [0.15, 0.2) is 11.6 Å². The van der Waals surface area contributed by atoms with Crippen LogP contribution in [-0.2, 0) is 0 Å². The zero-order valence-electron chi connectivity index (χ0n) is 27.2. The van der Waals surface area contributed by atoms with E-state index in [1.54, 1.807) is 11.1 Å². The maximum atomic E-state index is 15.9. The van der Waals surface area contributed by atoms with Gasteiger partial charge in [-0.15, -0.1) is 0 Å². The number of ether oxygens (including phenoxy) is 1. The van der Waals surface area contributed by atoms with Gasteiger partial charge in [0.25, 0.3) is 0 Å². The predicted molar refractivity (Wildman–Crippen MR) is 175 cm³/mol. The minimum atomic E-state index is -0.727. The Balaban J connectivity index is 1.50. The van der Waals surface area contributed by atoms with Gasteiger partial charge >= 0.3 is 6.09 Å². The number of hydrogen-bond donors (Lipinski definition) is 2. The number of piperidine rings is 1. The molecule has 9 nitrogen and oxygen atoms in total. The van der Waals surface area contributed by atoms with Crippen molar-refractivity contribution in [2.24, 2.45) is 5.92 Å². The zero-order valence-corrected chi connectivity index (χ0v) is 27.2. The standard InChI is InChI=1S/C36H43F2N5O4/c1-4-42(5-2)22-34(44)28-18-26(29-20-39-21-33(29)43(6-3)36(46)47-25-12-10-24(37)11-13-25)27(19-30(28)38)35(45)23-14-16-41-32(17-23)31-9-7-8-15-40-31/h7-13,15,18-19,23,29,32-33,39,41H,4-6,14,16-17,20-22H2,1-3H3/t23?,29-,32?,33+/m0/s1. The van der Waals surface area contributed by atoms with Crippen LogP contribution in [0.5, 0.6) is 5.75 Å². The highest BCUT2D eigenvalue weighted by Crippen LogP contribution is 2.36. The van der Waals surface area contributed by atoms with Crippen LogP contribution in [0.25, 0.3) is 0 Å². The lowest BCUT2D eigenvalue weighted by atomic mass is 9.80. The van der Waals surface area contributed by atoms with Crippen LogP contribution in [0.15, 0.2) is 60.8 Å². The number of nitrogens with zero attached hydrogens (tertiary/aromatic N) is 3. The van der Waals surface area contributed by atoms with Gasteiger partial charge < -0.3 is 20.3 Å². The molecule has 11 heteroatoms. The third-order valence-corrected chi connectivity index (χ3v) is 9.36. The molecule has 47 heavy (non-hydrogen) atoms. The summed E-state index contributed by atoms with van der Waals surface area (Å²) in [5.41, 5.74) is 1.54. The lowest BCUT2D eigenvalue weighted by molar-refractivity contribution is 0.0872. The van der Waals surface area contributed by atoms with Crippen molar-refractivity contribution < 1.29 is 27.9 Å². The van der Waals surface area contributed by atoms with Gasteiger partial charge in [0, 0.05) is 43.2 Å². The number of Topliss-reactive ketones (excluding diaryl/α,β-unsaturated/α-hetero) is 2. The molecular weight excluding hydrogens is 604 g/mol. The summed E-state index contributed by atoms with van der Waals surface area (Å²) in [5, 5.41) is 6.78. The van der Waals surface area contributed by atoms with E-state index in [4.69, 9.17) is 4.74 Å². The highest BCUT2D eigenvalue weighted by atomic mass is 19.1. The van der Waals surface area contributed by atoms with E-state index in [0.717, 1.165) is 5.69 Å². The number of benzene rings is 2. The molecule has 0 radical (unpaired) electrons. The summed E-state index contributed by atoms with van der Waals surface area (Å²) in [6.07, 6.45) is 2.17. The van der Waals surface area contributed by atoms with Crippen molar-refractivity contribution in [2.75, 3.05) is 45.8 Å². The van der Waals surface area contributed by atoms with Crippen LogP contribution in [0.4, 0.5) is 13.6 Å². The van der Waals surface area contributed by atoms with E-state index in [0.29, 0.717) is 57.7 Å². The first-order valence-electron chi connectivity index (χ1n) is 16.5. The fraction of sp³-hybridized carbons (Fsp3) is 0.444. The van der Waals surface area contributed by atoms with Crippen molar-refractivity contribution in [2.45, 2.75) is 51.6 Å². The third kappa shape index (κ3) is 7.91. The first-order chi connectivity index (χ1) is 22.7. The number of carbonyl (C=O) groups excluding carboxylic acids is 3. The van der Waals surface area contributed by atoms with Gasteiger partial charge in [-0.1, -0.05) is 19.9 Å². The quantitative estimate of drug-likeness (QED) is 0.253. The number of amides is 1. The minimum Gasteiger partial charge on any atom is -0.410 e. The fourth-order valence-electron chi connectivity index (χ4n) is 6.71. The van der Waals surface area contributed by atoms with Crippen molar-refractivity contribution in [3.8, 4) is 5.75 Å². The van der Waals surface area contributed by atoms with Gasteiger partial charge in [0.2, 0.25) is 0 Å². The van der Waals surface area contributed by atoms with Gasteiger partial charge in [-0.05, 0) is 93.5 Å². The Kier molecular flexibility index (Phi) is 11.4. The average Bonchev–Trinajstić information content (AvgIpc) is 3.57. The summed E-state index contributed by atoms with van der Waals surface area (Å²) < 4.78 is 34.9. The van der Waals surface area contributed by atoms with E-state index in [2.05, 4.69) is 15.6 Å². The molecule has 5 rings (SSSR count). The van der Waals surface area contributed by atoms with Crippen LogP contribution in [-0.4, -0.2) is 84.3 Å². The number of nitrogens with one attached hydrogen (secondary N) is 2. The number of rotatable bonds is 12. The van der Waals surface area contributed by atoms with Gasteiger partial charge in [0.05, 0.1) is 29.9 Å². The number of hydrogen-bond acceptors (Lipinski definition) is 8. The van der Waals surface area contributed by atoms with Crippen molar-refractivity contribution in [3.63, 3.8) is 0 Å². The zero-order chi connectivity index (χ0) is 33.5. The molecular formula is C36H43F2N5O4. The molecule has 2 N–H and O–H groups in total. The summed E-state index contributed by atoms with van der Waals surface area (Å²) in [7, 11) is 0. The molecule has 0 spiro atoms. The molecule has 2 aliphatic heterocycles. The van der Waals surface area contributed by atoms with Crippen LogP contribution in [0.2, 0.25) is 0 Å². The van der Waals surface area contributed by atoms with E-state index >= 15 is 4.39 Å². The molecule has 2 unspecified atom stereocenters. The minimum absolute atomic E-state index is 0.0497. The molecule has 3 aromatic rings. The Bertz CT molecular complexity index is 1550. The molecule has 2 aromatic carbocycles. The summed E-state index contributed by atoms with van der Waals surface area (Å²) in [6, 6.07) is 13.0.